The number of nitrogens with two attached hydrogens (primary N) is 1. The van der Waals surface area contributed by atoms with Gasteiger partial charge in [0, 0.05) is 12.0 Å². The van der Waals surface area contributed by atoms with E-state index >= 15 is 0 Å². The summed E-state index contributed by atoms with van der Waals surface area (Å²) in [6, 6.07) is 0. The number of hydrogen-bond acceptors (Lipinski definition) is 2. The molecule has 0 aromatic heterocycles. The molecule has 0 bridgehead atoms. The lowest BCUT2D eigenvalue weighted by atomic mass is 9.80. The molecule has 2 heteroatoms. The van der Waals surface area contributed by atoms with E-state index in [0.717, 1.165) is 12.3 Å². The lowest BCUT2D eigenvalue weighted by molar-refractivity contribution is -0.0430. The van der Waals surface area contributed by atoms with Crippen molar-refractivity contribution in [2.45, 2.75) is 37.7 Å². The van der Waals surface area contributed by atoms with Crippen molar-refractivity contribution in [3.8, 4) is 0 Å². The fourth-order valence-corrected chi connectivity index (χ4v) is 3.37. The van der Waals surface area contributed by atoms with Crippen LogP contribution < -0.4 is 5.73 Å². The zero-order valence-corrected chi connectivity index (χ0v) is 7.42. The molecule has 0 heterocycles. The van der Waals surface area contributed by atoms with Crippen molar-refractivity contribution < 1.29 is 5.11 Å². The second-order valence-electron chi connectivity index (χ2n) is 5.05. The minimum absolute atomic E-state index is 0.156. The van der Waals surface area contributed by atoms with Crippen LogP contribution in [0.4, 0.5) is 0 Å². The van der Waals surface area contributed by atoms with Gasteiger partial charge in [-0.3, -0.25) is 0 Å². The lowest BCUT2D eigenvalue weighted by Crippen LogP contribution is -2.44. The van der Waals surface area contributed by atoms with Crippen LogP contribution in [0.1, 0.15) is 32.1 Å². The second-order valence-corrected chi connectivity index (χ2v) is 5.05. The Kier molecular flexibility index (Phi) is 1.15. The largest absolute Gasteiger partial charge is 0.389 e. The van der Waals surface area contributed by atoms with Gasteiger partial charge in [0.1, 0.15) is 0 Å². The minimum atomic E-state index is -0.341. The van der Waals surface area contributed by atoms with E-state index in [1.54, 1.807) is 0 Å². The standard InChI is InChI=1S/C10H17NO/c11-6-9(3-4-9)10(12)2-1-7-5-8(7)10/h7-8,12H,1-6,11H2. The molecule has 3 saturated carbocycles. The summed E-state index contributed by atoms with van der Waals surface area (Å²) in [6.45, 7) is 0.701. The van der Waals surface area contributed by atoms with Gasteiger partial charge in [0.2, 0.25) is 0 Å². The van der Waals surface area contributed by atoms with Gasteiger partial charge < -0.3 is 10.8 Å². The minimum Gasteiger partial charge on any atom is -0.389 e. The first-order valence-electron chi connectivity index (χ1n) is 5.14. The molecule has 68 valence electrons. The van der Waals surface area contributed by atoms with E-state index in [2.05, 4.69) is 0 Å². The number of hydrogen-bond donors (Lipinski definition) is 2. The summed E-state index contributed by atoms with van der Waals surface area (Å²) < 4.78 is 0. The molecule has 12 heavy (non-hydrogen) atoms. The molecule has 3 rings (SSSR count). The van der Waals surface area contributed by atoms with Crippen LogP contribution in [0, 0.1) is 17.3 Å². The topological polar surface area (TPSA) is 46.2 Å². The van der Waals surface area contributed by atoms with E-state index in [0.29, 0.717) is 12.5 Å². The Morgan fingerprint density at radius 2 is 2.08 bits per heavy atom. The van der Waals surface area contributed by atoms with Crippen molar-refractivity contribution in [2.24, 2.45) is 23.0 Å². The quantitative estimate of drug-likeness (QED) is 0.641. The molecule has 3 N–H and O–H groups in total. The molecular formula is C10H17NO. The zero-order valence-electron chi connectivity index (χ0n) is 7.42. The monoisotopic (exact) mass is 167 g/mol. The summed E-state index contributed by atoms with van der Waals surface area (Å²) in [6.07, 6.45) is 5.90. The molecule has 0 radical (unpaired) electrons. The van der Waals surface area contributed by atoms with E-state index in [1.807, 2.05) is 0 Å². The molecule has 0 aromatic rings. The predicted molar refractivity (Wildman–Crippen MR) is 46.5 cm³/mol. The Labute approximate surface area is 73.1 Å². The average molecular weight is 167 g/mol. The second kappa shape index (κ2) is 1.88. The van der Waals surface area contributed by atoms with Crippen molar-refractivity contribution in [1.29, 1.82) is 0 Å². The van der Waals surface area contributed by atoms with Gasteiger partial charge in [-0.1, -0.05) is 0 Å². The molecular weight excluding hydrogens is 150 g/mol. The SMILES string of the molecule is NCC1(C2(O)CCC3CC32)CC1. The third-order valence-electron chi connectivity index (χ3n) is 4.59. The normalized spacial score (nSPS) is 53.5. The van der Waals surface area contributed by atoms with Crippen LogP contribution in [0.25, 0.3) is 0 Å². The van der Waals surface area contributed by atoms with Crippen LogP contribution in [0.3, 0.4) is 0 Å². The number of rotatable bonds is 2. The molecule has 3 unspecified atom stereocenters. The molecule has 3 atom stereocenters. The first-order valence-corrected chi connectivity index (χ1v) is 5.14. The van der Waals surface area contributed by atoms with E-state index in [4.69, 9.17) is 5.73 Å². The molecule has 0 amide bonds. The van der Waals surface area contributed by atoms with Gasteiger partial charge in [0.15, 0.2) is 0 Å². The summed E-state index contributed by atoms with van der Waals surface area (Å²) in [5.74, 6) is 1.49. The van der Waals surface area contributed by atoms with Crippen LogP contribution in [-0.4, -0.2) is 17.3 Å². The van der Waals surface area contributed by atoms with Crippen LogP contribution in [0.15, 0.2) is 0 Å². The summed E-state index contributed by atoms with van der Waals surface area (Å²) in [4.78, 5) is 0. The highest BCUT2D eigenvalue weighted by atomic mass is 16.3. The fraction of sp³-hybridized carbons (Fsp3) is 1.00. The molecule has 0 spiro atoms. The van der Waals surface area contributed by atoms with E-state index in [9.17, 15) is 5.11 Å². The third-order valence-corrected chi connectivity index (χ3v) is 4.59. The maximum absolute atomic E-state index is 10.5. The highest BCUT2D eigenvalue weighted by molar-refractivity contribution is 5.20. The van der Waals surface area contributed by atoms with Crippen molar-refractivity contribution >= 4 is 0 Å². The van der Waals surface area contributed by atoms with E-state index < -0.39 is 0 Å². The third kappa shape index (κ3) is 0.647. The van der Waals surface area contributed by atoms with Gasteiger partial charge in [0.05, 0.1) is 5.60 Å². The number of fused-ring (bicyclic) bond motifs is 1. The molecule has 0 aliphatic heterocycles. The van der Waals surface area contributed by atoms with Gasteiger partial charge in [-0.05, 0) is 43.9 Å². The number of aliphatic hydroxyl groups is 1. The Balaban J connectivity index is 1.89. The van der Waals surface area contributed by atoms with Crippen LogP contribution in [0.2, 0.25) is 0 Å². The van der Waals surface area contributed by atoms with Crippen molar-refractivity contribution in [2.75, 3.05) is 6.54 Å². The summed E-state index contributed by atoms with van der Waals surface area (Å²) in [5.41, 5.74) is 5.57. The Morgan fingerprint density at radius 1 is 1.33 bits per heavy atom. The average Bonchev–Trinajstić information content (AvgIpc) is 2.98. The summed E-state index contributed by atoms with van der Waals surface area (Å²) >= 11 is 0. The smallest absolute Gasteiger partial charge is 0.0746 e. The molecule has 3 aliphatic rings. The van der Waals surface area contributed by atoms with E-state index in [1.165, 1.54) is 25.7 Å². The molecule has 0 aromatic carbocycles. The van der Waals surface area contributed by atoms with E-state index in [-0.39, 0.29) is 11.0 Å². The molecule has 2 nitrogen and oxygen atoms in total. The first kappa shape index (κ1) is 7.34. The van der Waals surface area contributed by atoms with Gasteiger partial charge in [-0.15, -0.1) is 0 Å². The van der Waals surface area contributed by atoms with Crippen LogP contribution in [0.5, 0.6) is 0 Å². The highest BCUT2D eigenvalue weighted by Gasteiger charge is 2.69. The maximum Gasteiger partial charge on any atom is 0.0746 e. The van der Waals surface area contributed by atoms with Gasteiger partial charge in [0.25, 0.3) is 0 Å². The fourth-order valence-electron chi connectivity index (χ4n) is 3.37. The zero-order chi connectivity index (χ0) is 8.40. The molecule has 0 saturated heterocycles. The Morgan fingerprint density at radius 3 is 2.42 bits per heavy atom. The predicted octanol–water partition coefficient (Wildman–Crippen LogP) is 0.886. The summed E-state index contributed by atoms with van der Waals surface area (Å²) in [5, 5.41) is 10.5. The van der Waals surface area contributed by atoms with Crippen molar-refractivity contribution in [1.82, 2.24) is 0 Å². The van der Waals surface area contributed by atoms with Crippen molar-refractivity contribution in [3.63, 3.8) is 0 Å². The van der Waals surface area contributed by atoms with Crippen LogP contribution in [-0.2, 0) is 0 Å². The van der Waals surface area contributed by atoms with Gasteiger partial charge in [-0.25, -0.2) is 0 Å². The maximum atomic E-state index is 10.5. The Hall–Kier alpha value is -0.0800. The first-order chi connectivity index (χ1) is 5.72. The highest BCUT2D eigenvalue weighted by Crippen LogP contribution is 2.69. The lowest BCUT2D eigenvalue weighted by Gasteiger charge is -2.34. The van der Waals surface area contributed by atoms with Crippen LogP contribution >= 0.6 is 0 Å². The Bertz CT molecular complexity index is 224. The van der Waals surface area contributed by atoms with Crippen molar-refractivity contribution in [3.05, 3.63) is 0 Å². The molecule has 3 fully saturated rings. The summed E-state index contributed by atoms with van der Waals surface area (Å²) in [7, 11) is 0. The van der Waals surface area contributed by atoms with Gasteiger partial charge in [-0.2, -0.15) is 0 Å². The van der Waals surface area contributed by atoms with Gasteiger partial charge >= 0.3 is 0 Å². The molecule has 3 aliphatic carbocycles.